The Morgan fingerprint density at radius 2 is 1.88 bits per heavy atom. The molecule has 0 saturated heterocycles. The van der Waals surface area contributed by atoms with E-state index >= 15 is 0 Å². The molecular weight excluding hydrogens is 220 g/mol. The number of thioether (sulfide) groups is 1. The second-order valence-electron chi connectivity index (χ2n) is 5.29. The number of carbonyl (C=O) groups excluding carboxylic acids is 1. The molecule has 16 heavy (non-hydrogen) atoms. The summed E-state index contributed by atoms with van der Waals surface area (Å²) in [6.07, 6.45) is 10.3. The summed E-state index contributed by atoms with van der Waals surface area (Å²) >= 11 is 1.91. The van der Waals surface area contributed by atoms with Crippen LogP contribution in [0.1, 0.15) is 44.9 Å². The van der Waals surface area contributed by atoms with Gasteiger partial charge in [0.1, 0.15) is 0 Å². The number of nitrogens with two attached hydrogens (primary N) is 1. The lowest BCUT2D eigenvalue weighted by Gasteiger charge is -2.36. The molecule has 2 saturated carbocycles. The molecule has 0 spiro atoms. The molecule has 0 bridgehead atoms. The summed E-state index contributed by atoms with van der Waals surface area (Å²) in [5, 5.41) is 3.06. The first-order chi connectivity index (χ1) is 7.60. The molecule has 2 fully saturated rings. The van der Waals surface area contributed by atoms with Crippen LogP contribution in [-0.2, 0) is 4.79 Å². The van der Waals surface area contributed by atoms with Crippen molar-refractivity contribution in [2.24, 2.45) is 5.73 Å². The molecular formula is C12H22N2OS. The molecule has 3 N–H and O–H groups in total. The van der Waals surface area contributed by atoms with E-state index in [0.717, 1.165) is 19.4 Å². The van der Waals surface area contributed by atoms with Crippen LogP contribution in [0.4, 0.5) is 0 Å². The number of hydrogen-bond donors (Lipinski definition) is 2. The van der Waals surface area contributed by atoms with Crippen LogP contribution >= 0.6 is 11.8 Å². The molecule has 0 radical (unpaired) electrons. The molecule has 0 aromatic carbocycles. The van der Waals surface area contributed by atoms with Crippen molar-refractivity contribution < 1.29 is 4.79 Å². The van der Waals surface area contributed by atoms with Gasteiger partial charge in [0, 0.05) is 11.3 Å². The maximum atomic E-state index is 11.8. The summed E-state index contributed by atoms with van der Waals surface area (Å²) in [6.45, 7) is 0.798. The fourth-order valence-electron chi connectivity index (χ4n) is 2.43. The highest BCUT2D eigenvalue weighted by atomic mass is 32.2. The second kappa shape index (κ2) is 4.57. The van der Waals surface area contributed by atoms with Crippen LogP contribution in [0.15, 0.2) is 0 Å². The summed E-state index contributed by atoms with van der Waals surface area (Å²) in [5.41, 5.74) is 5.35. The highest BCUT2D eigenvalue weighted by Crippen LogP contribution is 2.38. The summed E-state index contributed by atoms with van der Waals surface area (Å²) in [4.78, 5) is 11.8. The zero-order valence-electron chi connectivity index (χ0n) is 10.1. The van der Waals surface area contributed by atoms with Crippen molar-refractivity contribution in [3.8, 4) is 0 Å². The minimum atomic E-state index is -0.520. The van der Waals surface area contributed by atoms with Crippen LogP contribution in [-0.4, -0.2) is 29.0 Å². The molecule has 3 nitrogen and oxygen atoms in total. The lowest BCUT2D eigenvalue weighted by Crippen LogP contribution is -2.48. The second-order valence-corrected chi connectivity index (χ2v) is 6.56. The van der Waals surface area contributed by atoms with Gasteiger partial charge in [-0.25, -0.2) is 0 Å². The van der Waals surface area contributed by atoms with Crippen molar-refractivity contribution in [1.82, 2.24) is 5.32 Å². The summed E-state index contributed by atoms with van der Waals surface area (Å²) in [7, 11) is 0. The Morgan fingerprint density at radius 3 is 2.38 bits per heavy atom. The third kappa shape index (κ3) is 2.54. The number of nitrogens with one attached hydrogen (secondary N) is 1. The normalized spacial score (nSPS) is 26.1. The smallest absolute Gasteiger partial charge is 0.240 e. The highest BCUT2D eigenvalue weighted by molar-refractivity contribution is 8.00. The molecule has 2 aliphatic rings. The Balaban J connectivity index is 1.84. The topological polar surface area (TPSA) is 55.1 Å². The Labute approximate surface area is 102 Å². The molecule has 2 aliphatic carbocycles. The van der Waals surface area contributed by atoms with Crippen molar-refractivity contribution in [3.05, 3.63) is 0 Å². The van der Waals surface area contributed by atoms with Gasteiger partial charge in [0.05, 0.1) is 5.54 Å². The lowest BCUT2D eigenvalue weighted by molar-refractivity contribution is -0.123. The van der Waals surface area contributed by atoms with E-state index in [0.29, 0.717) is 0 Å². The van der Waals surface area contributed by atoms with Crippen molar-refractivity contribution in [3.63, 3.8) is 0 Å². The molecule has 0 unspecified atom stereocenters. The van der Waals surface area contributed by atoms with Crippen LogP contribution in [0.2, 0.25) is 0 Å². The third-order valence-electron chi connectivity index (χ3n) is 4.01. The number of hydrogen-bond acceptors (Lipinski definition) is 3. The highest BCUT2D eigenvalue weighted by Gasteiger charge is 2.46. The minimum absolute atomic E-state index is 0.0616. The van der Waals surface area contributed by atoms with Gasteiger partial charge in [0.25, 0.3) is 0 Å². The standard InChI is InChI=1S/C12H22N2OS/c1-16-11(5-3-2-4-6-11)9-14-10(15)12(13)7-8-12/h2-9,13H2,1H3,(H,14,15). The zero-order valence-corrected chi connectivity index (χ0v) is 10.9. The SMILES string of the molecule is CSC1(CNC(=O)C2(N)CC2)CCCCC1. The number of carbonyl (C=O) groups is 1. The van der Waals surface area contributed by atoms with E-state index in [1.54, 1.807) is 0 Å². The maximum absolute atomic E-state index is 11.8. The van der Waals surface area contributed by atoms with Gasteiger partial charge in [0.2, 0.25) is 5.91 Å². The summed E-state index contributed by atoms with van der Waals surface area (Å²) in [6, 6.07) is 0. The largest absolute Gasteiger partial charge is 0.353 e. The first-order valence-corrected chi connectivity index (χ1v) is 7.45. The summed E-state index contributed by atoms with van der Waals surface area (Å²) < 4.78 is 0.277. The van der Waals surface area contributed by atoms with Crippen LogP contribution in [0.25, 0.3) is 0 Å². The van der Waals surface area contributed by atoms with Gasteiger partial charge >= 0.3 is 0 Å². The van der Waals surface area contributed by atoms with E-state index in [1.807, 2.05) is 11.8 Å². The quantitative estimate of drug-likeness (QED) is 0.788. The lowest BCUT2D eigenvalue weighted by atomic mass is 9.88. The van der Waals surface area contributed by atoms with Gasteiger partial charge in [-0.15, -0.1) is 0 Å². The molecule has 2 rings (SSSR count). The predicted octanol–water partition coefficient (Wildman–Crippen LogP) is 1.66. The van der Waals surface area contributed by atoms with E-state index in [-0.39, 0.29) is 10.7 Å². The molecule has 4 heteroatoms. The maximum Gasteiger partial charge on any atom is 0.240 e. The van der Waals surface area contributed by atoms with Crippen LogP contribution in [0, 0.1) is 0 Å². The van der Waals surface area contributed by atoms with Crippen molar-refractivity contribution in [2.45, 2.75) is 55.2 Å². The Hall–Kier alpha value is -0.220. The van der Waals surface area contributed by atoms with Crippen LogP contribution in [0.3, 0.4) is 0 Å². The van der Waals surface area contributed by atoms with Gasteiger partial charge in [-0.1, -0.05) is 19.3 Å². The van der Waals surface area contributed by atoms with Crippen molar-refractivity contribution in [2.75, 3.05) is 12.8 Å². The Kier molecular flexibility index (Phi) is 3.50. The van der Waals surface area contributed by atoms with E-state index in [2.05, 4.69) is 11.6 Å². The molecule has 0 heterocycles. The monoisotopic (exact) mass is 242 g/mol. The summed E-state index contributed by atoms with van der Waals surface area (Å²) in [5.74, 6) is 0.0616. The average Bonchev–Trinajstić information content (AvgIpc) is 3.07. The molecule has 1 amide bonds. The first-order valence-electron chi connectivity index (χ1n) is 6.23. The first kappa shape index (κ1) is 12.2. The van der Waals surface area contributed by atoms with E-state index in [9.17, 15) is 4.79 Å². The van der Waals surface area contributed by atoms with Gasteiger partial charge < -0.3 is 11.1 Å². The van der Waals surface area contributed by atoms with Crippen LogP contribution in [0.5, 0.6) is 0 Å². The van der Waals surface area contributed by atoms with Gasteiger partial charge in [0.15, 0.2) is 0 Å². The molecule has 92 valence electrons. The zero-order chi connectivity index (χ0) is 11.6. The third-order valence-corrected chi connectivity index (χ3v) is 5.43. The van der Waals surface area contributed by atoms with Gasteiger partial charge in [-0.2, -0.15) is 11.8 Å². The van der Waals surface area contributed by atoms with Crippen molar-refractivity contribution in [1.29, 1.82) is 0 Å². The van der Waals surface area contributed by atoms with Gasteiger partial charge in [-0.05, 0) is 31.9 Å². The Morgan fingerprint density at radius 1 is 1.25 bits per heavy atom. The molecule has 0 aromatic heterocycles. The van der Waals surface area contributed by atoms with E-state index in [4.69, 9.17) is 5.73 Å². The number of amides is 1. The predicted molar refractivity (Wildman–Crippen MR) is 68.5 cm³/mol. The molecule has 0 aliphatic heterocycles. The fourth-order valence-corrected chi connectivity index (χ4v) is 3.34. The average molecular weight is 242 g/mol. The Bertz CT molecular complexity index is 270. The number of rotatable bonds is 4. The fraction of sp³-hybridized carbons (Fsp3) is 0.917. The van der Waals surface area contributed by atoms with E-state index < -0.39 is 5.54 Å². The van der Waals surface area contributed by atoms with Gasteiger partial charge in [-0.3, -0.25) is 4.79 Å². The van der Waals surface area contributed by atoms with Crippen molar-refractivity contribution >= 4 is 17.7 Å². The molecule has 0 aromatic rings. The minimum Gasteiger partial charge on any atom is -0.353 e. The molecule has 0 atom stereocenters. The van der Waals surface area contributed by atoms with Crippen LogP contribution < -0.4 is 11.1 Å². The van der Waals surface area contributed by atoms with E-state index in [1.165, 1.54) is 32.1 Å².